The minimum Gasteiger partial charge on any atom is -0.198 e. The van der Waals surface area contributed by atoms with Crippen LogP contribution in [0, 0.1) is 34.5 Å². The molecule has 1 heteroatoms. The lowest BCUT2D eigenvalue weighted by atomic mass is 9.63. The maximum atomic E-state index is 9.80. The zero-order valence-electron chi connectivity index (χ0n) is 16.5. The SMILES string of the molecule is CCCCCCCC[C@]1(C#N)CC[C@@H](C2CCC(CC)CC2)CC1. The third kappa shape index (κ3) is 5.79. The Kier molecular flexibility index (Phi) is 8.65. The van der Waals surface area contributed by atoms with Crippen LogP contribution in [0.15, 0.2) is 0 Å². The molecule has 138 valence electrons. The van der Waals surface area contributed by atoms with Gasteiger partial charge < -0.3 is 0 Å². The molecule has 0 amide bonds. The Balaban J connectivity index is 1.68. The summed E-state index contributed by atoms with van der Waals surface area (Å²) in [4.78, 5) is 0. The third-order valence-corrected chi connectivity index (χ3v) is 7.37. The lowest BCUT2D eigenvalue weighted by Crippen LogP contribution is -2.31. The highest BCUT2D eigenvalue weighted by atomic mass is 14.4. The Hall–Kier alpha value is -0.510. The van der Waals surface area contributed by atoms with Crippen LogP contribution in [0.3, 0.4) is 0 Å². The largest absolute Gasteiger partial charge is 0.198 e. The van der Waals surface area contributed by atoms with Crippen LogP contribution < -0.4 is 0 Å². The Morgan fingerprint density at radius 2 is 1.38 bits per heavy atom. The minimum atomic E-state index is 0.0435. The van der Waals surface area contributed by atoms with Gasteiger partial charge in [-0.05, 0) is 62.7 Å². The highest BCUT2D eigenvalue weighted by Crippen LogP contribution is 2.47. The van der Waals surface area contributed by atoms with Crippen LogP contribution in [0.4, 0.5) is 0 Å². The topological polar surface area (TPSA) is 23.8 Å². The lowest BCUT2D eigenvalue weighted by molar-refractivity contribution is 0.116. The first-order valence-electron chi connectivity index (χ1n) is 11.1. The number of unbranched alkanes of at least 4 members (excludes halogenated alkanes) is 5. The maximum absolute atomic E-state index is 9.80. The van der Waals surface area contributed by atoms with Crippen LogP contribution >= 0.6 is 0 Å². The summed E-state index contributed by atoms with van der Waals surface area (Å²) in [5.74, 6) is 2.93. The first-order chi connectivity index (χ1) is 11.7. The van der Waals surface area contributed by atoms with E-state index in [1.807, 2.05) is 0 Å². The van der Waals surface area contributed by atoms with E-state index >= 15 is 0 Å². The molecule has 0 aromatic heterocycles. The highest BCUT2D eigenvalue weighted by Gasteiger charge is 2.38. The first kappa shape index (κ1) is 19.8. The van der Waals surface area contributed by atoms with Gasteiger partial charge in [0.1, 0.15) is 0 Å². The van der Waals surface area contributed by atoms with Crippen molar-refractivity contribution < 1.29 is 0 Å². The van der Waals surface area contributed by atoms with Gasteiger partial charge in [0.2, 0.25) is 0 Å². The summed E-state index contributed by atoms with van der Waals surface area (Å²) in [6.45, 7) is 4.63. The van der Waals surface area contributed by atoms with Gasteiger partial charge in [0.15, 0.2) is 0 Å². The number of nitrogens with zero attached hydrogens (tertiary/aromatic N) is 1. The standard InChI is InChI=1S/C23H41N/c1-3-5-6-7-8-9-16-23(19-24)17-14-22(15-18-23)21-12-10-20(4-2)11-13-21/h20-22H,3-18H2,1-2H3/t20?,21?,22-,23+. The third-order valence-electron chi connectivity index (χ3n) is 7.37. The van der Waals surface area contributed by atoms with Crippen LogP contribution in [-0.4, -0.2) is 0 Å². The fourth-order valence-electron chi connectivity index (χ4n) is 5.39. The van der Waals surface area contributed by atoms with Gasteiger partial charge in [-0.25, -0.2) is 0 Å². The molecule has 0 spiro atoms. The average molecular weight is 332 g/mol. The fourth-order valence-corrected chi connectivity index (χ4v) is 5.39. The number of nitriles is 1. The van der Waals surface area contributed by atoms with E-state index in [1.165, 1.54) is 103 Å². The molecule has 2 saturated carbocycles. The van der Waals surface area contributed by atoms with E-state index in [1.54, 1.807) is 0 Å². The molecule has 0 saturated heterocycles. The van der Waals surface area contributed by atoms with Gasteiger partial charge in [-0.3, -0.25) is 0 Å². The second kappa shape index (κ2) is 10.5. The van der Waals surface area contributed by atoms with Crippen LogP contribution in [0.2, 0.25) is 0 Å². The van der Waals surface area contributed by atoms with Gasteiger partial charge in [0.25, 0.3) is 0 Å². The Bertz CT molecular complexity index is 364. The van der Waals surface area contributed by atoms with Crippen LogP contribution in [0.5, 0.6) is 0 Å². The highest BCUT2D eigenvalue weighted by molar-refractivity contribution is 5.02. The molecule has 0 N–H and O–H groups in total. The van der Waals surface area contributed by atoms with E-state index in [9.17, 15) is 5.26 Å². The van der Waals surface area contributed by atoms with E-state index in [4.69, 9.17) is 0 Å². The molecule has 2 aliphatic rings. The second-order valence-corrected chi connectivity index (χ2v) is 8.94. The van der Waals surface area contributed by atoms with Gasteiger partial charge in [0, 0.05) is 0 Å². The van der Waals surface area contributed by atoms with Gasteiger partial charge >= 0.3 is 0 Å². The molecule has 0 radical (unpaired) electrons. The normalized spacial score (nSPS) is 34.0. The molecule has 0 unspecified atom stereocenters. The molecule has 0 aliphatic heterocycles. The molecule has 24 heavy (non-hydrogen) atoms. The summed E-state index contributed by atoms with van der Waals surface area (Å²) in [6.07, 6.45) is 21.6. The van der Waals surface area contributed by atoms with Crippen molar-refractivity contribution in [3.63, 3.8) is 0 Å². The summed E-state index contributed by atoms with van der Waals surface area (Å²) in [7, 11) is 0. The van der Waals surface area contributed by atoms with E-state index in [-0.39, 0.29) is 5.41 Å². The van der Waals surface area contributed by atoms with Crippen molar-refractivity contribution in [2.45, 2.75) is 117 Å². The maximum Gasteiger partial charge on any atom is 0.0689 e. The first-order valence-corrected chi connectivity index (χ1v) is 11.1. The van der Waals surface area contributed by atoms with Gasteiger partial charge in [-0.2, -0.15) is 5.26 Å². The molecular formula is C23H41N. The summed E-state index contributed by atoms with van der Waals surface area (Å²) in [5, 5.41) is 9.80. The predicted molar refractivity (Wildman–Crippen MR) is 104 cm³/mol. The molecule has 1 nitrogen and oxygen atoms in total. The number of hydrogen-bond acceptors (Lipinski definition) is 1. The van der Waals surface area contributed by atoms with Crippen molar-refractivity contribution in [2.75, 3.05) is 0 Å². The van der Waals surface area contributed by atoms with Crippen molar-refractivity contribution in [1.82, 2.24) is 0 Å². The molecule has 0 aromatic rings. The van der Waals surface area contributed by atoms with Crippen molar-refractivity contribution in [3.05, 3.63) is 0 Å². The van der Waals surface area contributed by atoms with Crippen molar-refractivity contribution in [3.8, 4) is 6.07 Å². The van der Waals surface area contributed by atoms with Crippen LogP contribution in [-0.2, 0) is 0 Å². The quantitative estimate of drug-likeness (QED) is 0.398. The van der Waals surface area contributed by atoms with Crippen molar-refractivity contribution in [1.29, 1.82) is 5.26 Å². The molecule has 0 heterocycles. The molecular weight excluding hydrogens is 290 g/mol. The Morgan fingerprint density at radius 1 is 0.792 bits per heavy atom. The summed E-state index contributed by atoms with van der Waals surface area (Å²) in [6, 6.07) is 2.76. The van der Waals surface area contributed by atoms with Crippen molar-refractivity contribution >= 4 is 0 Å². The minimum absolute atomic E-state index is 0.0435. The van der Waals surface area contributed by atoms with Crippen LogP contribution in [0.25, 0.3) is 0 Å². The van der Waals surface area contributed by atoms with E-state index in [0.29, 0.717) is 0 Å². The fraction of sp³-hybridized carbons (Fsp3) is 0.957. The van der Waals surface area contributed by atoms with Crippen LogP contribution in [0.1, 0.15) is 117 Å². The van der Waals surface area contributed by atoms with Gasteiger partial charge in [0.05, 0.1) is 11.5 Å². The number of rotatable bonds is 9. The van der Waals surface area contributed by atoms with Crippen molar-refractivity contribution in [2.24, 2.45) is 23.2 Å². The second-order valence-electron chi connectivity index (χ2n) is 8.94. The van der Waals surface area contributed by atoms with E-state index in [0.717, 1.165) is 17.8 Å². The van der Waals surface area contributed by atoms with Gasteiger partial charge in [-0.1, -0.05) is 71.6 Å². The summed E-state index contributed by atoms with van der Waals surface area (Å²) < 4.78 is 0. The Labute approximate surface area is 151 Å². The smallest absolute Gasteiger partial charge is 0.0689 e. The zero-order chi connectivity index (χ0) is 17.3. The average Bonchev–Trinajstić information content (AvgIpc) is 2.65. The lowest BCUT2D eigenvalue weighted by Gasteiger charge is -2.40. The molecule has 0 bridgehead atoms. The summed E-state index contributed by atoms with van der Waals surface area (Å²) >= 11 is 0. The predicted octanol–water partition coefficient (Wildman–Crippen LogP) is 7.65. The van der Waals surface area contributed by atoms with E-state index < -0.39 is 0 Å². The molecule has 2 rings (SSSR count). The number of hydrogen-bond donors (Lipinski definition) is 0. The molecule has 0 atom stereocenters. The Morgan fingerprint density at radius 3 is 1.96 bits per heavy atom. The molecule has 2 fully saturated rings. The van der Waals surface area contributed by atoms with Gasteiger partial charge in [-0.15, -0.1) is 0 Å². The monoisotopic (exact) mass is 331 g/mol. The molecule has 2 aliphatic carbocycles. The summed E-state index contributed by atoms with van der Waals surface area (Å²) in [5.41, 5.74) is 0.0435. The van der Waals surface area contributed by atoms with E-state index in [2.05, 4.69) is 19.9 Å². The molecule has 0 aromatic carbocycles. The zero-order valence-corrected chi connectivity index (χ0v) is 16.5.